The van der Waals surface area contributed by atoms with Crippen LogP contribution in [-0.4, -0.2) is 38.5 Å². The molecular weight excluding hydrogens is 360 g/mol. The number of fused-ring (bicyclic) bond motifs is 1. The van der Waals surface area contributed by atoms with Gasteiger partial charge in [-0.15, -0.1) is 10.2 Å². The molecule has 4 heterocycles. The Balaban J connectivity index is 1.58. The van der Waals surface area contributed by atoms with Gasteiger partial charge >= 0.3 is 0 Å². The standard InChI is InChI=1S/C16H15BrN4O2/c17-13-7-6-12(23-13)16(22)20-8-3-4-11(10-20)15-19-18-14-5-1-2-9-21(14)15/h1-2,5-7,9,11H,3-4,8,10H2. The van der Waals surface area contributed by atoms with Crippen LogP contribution in [0, 0.1) is 0 Å². The predicted octanol–water partition coefficient (Wildman–Crippen LogP) is 3.10. The number of pyridine rings is 1. The van der Waals surface area contributed by atoms with E-state index in [-0.39, 0.29) is 11.8 Å². The van der Waals surface area contributed by atoms with Gasteiger partial charge in [-0.2, -0.15) is 0 Å². The largest absolute Gasteiger partial charge is 0.444 e. The highest BCUT2D eigenvalue weighted by molar-refractivity contribution is 9.10. The van der Waals surface area contributed by atoms with Gasteiger partial charge in [0.15, 0.2) is 16.1 Å². The van der Waals surface area contributed by atoms with Crippen molar-refractivity contribution in [3.8, 4) is 0 Å². The van der Waals surface area contributed by atoms with Gasteiger partial charge in [0.2, 0.25) is 0 Å². The van der Waals surface area contributed by atoms with Crippen molar-refractivity contribution in [1.82, 2.24) is 19.5 Å². The van der Waals surface area contributed by atoms with Crippen LogP contribution < -0.4 is 0 Å². The highest BCUT2D eigenvalue weighted by atomic mass is 79.9. The molecule has 6 nitrogen and oxygen atoms in total. The molecule has 1 atom stereocenters. The lowest BCUT2D eigenvalue weighted by molar-refractivity contribution is 0.0670. The molecule has 1 unspecified atom stereocenters. The SMILES string of the molecule is O=C(c1ccc(Br)o1)N1CCCC(c2nnc3ccccn23)C1. The van der Waals surface area contributed by atoms with Crippen LogP contribution in [0.3, 0.4) is 0 Å². The normalized spacial score (nSPS) is 18.5. The Morgan fingerprint density at radius 1 is 1.26 bits per heavy atom. The Kier molecular flexibility index (Phi) is 3.65. The number of furan rings is 1. The molecular formula is C16H15BrN4O2. The average Bonchev–Trinajstić information content (AvgIpc) is 3.20. The Bertz CT molecular complexity index is 857. The minimum absolute atomic E-state index is 0.0748. The van der Waals surface area contributed by atoms with Crippen molar-refractivity contribution in [2.75, 3.05) is 13.1 Å². The molecule has 1 fully saturated rings. The highest BCUT2D eigenvalue weighted by Gasteiger charge is 2.29. The quantitative estimate of drug-likeness (QED) is 0.691. The minimum atomic E-state index is -0.0748. The predicted molar refractivity (Wildman–Crippen MR) is 87.3 cm³/mol. The van der Waals surface area contributed by atoms with E-state index < -0.39 is 0 Å². The van der Waals surface area contributed by atoms with Crippen molar-refractivity contribution in [3.63, 3.8) is 0 Å². The third kappa shape index (κ3) is 2.65. The van der Waals surface area contributed by atoms with Crippen molar-refractivity contribution in [1.29, 1.82) is 0 Å². The summed E-state index contributed by atoms with van der Waals surface area (Å²) in [5.74, 6) is 1.39. The van der Waals surface area contributed by atoms with Crippen molar-refractivity contribution < 1.29 is 9.21 Å². The third-order valence-electron chi connectivity index (χ3n) is 4.20. The van der Waals surface area contributed by atoms with Crippen LogP contribution >= 0.6 is 15.9 Å². The number of amides is 1. The van der Waals surface area contributed by atoms with Gasteiger partial charge in [0.1, 0.15) is 5.82 Å². The van der Waals surface area contributed by atoms with Gasteiger partial charge < -0.3 is 9.32 Å². The second kappa shape index (κ2) is 5.81. The molecule has 3 aromatic rings. The van der Waals surface area contributed by atoms with Crippen LogP contribution in [0.5, 0.6) is 0 Å². The molecule has 0 aromatic carbocycles. The molecule has 4 rings (SSSR count). The van der Waals surface area contributed by atoms with E-state index in [9.17, 15) is 4.79 Å². The fourth-order valence-electron chi connectivity index (χ4n) is 3.10. The van der Waals surface area contributed by atoms with E-state index in [2.05, 4.69) is 26.1 Å². The number of hydrogen-bond acceptors (Lipinski definition) is 4. The number of carbonyl (C=O) groups excluding carboxylic acids is 1. The first-order valence-corrected chi connectivity index (χ1v) is 8.36. The number of nitrogens with zero attached hydrogens (tertiary/aromatic N) is 4. The summed E-state index contributed by atoms with van der Waals surface area (Å²) in [5, 5.41) is 8.54. The summed E-state index contributed by atoms with van der Waals surface area (Å²) in [5.41, 5.74) is 0.834. The molecule has 23 heavy (non-hydrogen) atoms. The summed E-state index contributed by atoms with van der Waals surface area (Å²) >= 11 is 3.24. The zero-order valence-electron chi connectivity index (χ0n) is 12.4. The van der Waals surface area contributed by atoms with Crippen molar-refractivity contribution in [2.24, 2.45) is 0 Å². The van der Waals surface area contributed by atoms with E-state index in [1.165, 1.54) is 0 Å². The van der Waals surface area contributed by atoms with Gasteiger partial charge in [-0.25, -0.2) is 0 Å². The van der Waals surface area contributed by atoms with E-state index in [1.54, 1.807) is 12.1 Å². The Hall–Kier alpha value is -2.15. The van der Waals surface area contributed by atoms with Crippen LogP contribution in [0.15, 0.2) is 45.6 Å². The molecule has 0 bridgehead atoms. The van der Waals surface area contributed by atoms with Crippen LogP contribution in [0.2, 0.25) is 0 Å². The van der Waals surface area contributed by atoms with Crippen molar-refractivity contribution in [2.45, 2.75) is 18.8 Å². The maximum Gasteiger partial charge on any atom is 0.289 e. The lowest BCUT2D eigenvalue weighted by atomic mass is 9.97. The number of aromatic nitrogens is 3. The zero-order chi connectivity index (χ0) is 15.8. The monoisotopic (exact) mass is 374 g/mol. The summed E-state index contributed by atoms with van der Waals surface area (Å²) in [6.45, 7) is 1.37. The molecule has 0 N–H and O–H groups in total. The van der Waals surface area contributed by atoms with Crippen LogP contribution in [0.4, 0.5) is 0 Å². The maximum absolute atomic E-state index is 12.6. The van der Waals surface area contributed by atoms with Crippen molar-refractivity contribution in [3.05, 3.63) is 52.8 Å². The second-order valence-corrected chi connectivity index (χ2v) is 6.46. The molecule has 3 aromatic heterocycles. The number of likely N-dealkylation sites (tertiary alicyclic amines) is 1. The minimum Gasteiger partial charge on any atom is -0.444 e. The lowest BCUT2D eigenvalue weighted by Gasteiger charge is -2.31. The van der Waals surface area contributed by atoms with Gasteiger partial charge in [0, 0.05) is 25.2 Å². The Morgan fingerprint density at radius 3 is 3.00 bits per heavy atom. The fourth-order valence-corrected chi connectivity index (χ4v) is 3.40. The smallest absolute Gasteiger partial charge is 0.289 e. The van der Waals surface area contributed by atoms with Crippen LogP contribution in [0.1, 0.15) is 35.1 Å². The Labute approximate surface area is 141 Å². The molecule has 118 valence electrons. The van der Waals surface area contributed by atoms with E-state index in [0.717, 1.165) is 30.9 Å². The van der Waals surface area contributed by atoms with E-state index in [0.29, 0.717) is 17.0 Å². The summed E-state index contributed by atoms with van der Waals surface area (Å²) in [4.78, 5) is 14.4. The van der Waals surface area contributed by atoms with Crippen molar-refractivity contribution >= 4 is 27.5 Å². The van der Waals surface area contributed by atoms with Crippen LogP contribution in [0.25, 0.3) is 5.65 Å². The third-order valence-corrected chi connectivity index (χ3v) is 4.62. The zero-order valence-corrected chi connectivity index (χ0v) is 13.9. The molecule has 1 aliphatic rings. The summed E-state index contributed by atoms with van der Waals surface area (Å²) in [6.07, 6.45) is 3.91. The maximum atomic E-state index is 12.6. The first-order chi connectivity index (χ1) is 11.2. The second-order valence-electron chi connectivity index (χ2n) is 5.68. The number of piperidine rings is 1. The van der Waals surface area contributed by atoms with E-state index >= 15 is 0 Å². The first-order valence-electron chi connectivity index (χ1n) is 7.56. The molecule has 0 radical (unpaired) electrons. The molecule has 1 saturated heterocycles. The first kappa shape index (κ1) is 14.4. The van der Waals surface area contributed by atoms with E-state index in [4.69, 9.17) is 4.42 Å². The molecule has 0 aliphatic carbocycles. The number of halogens is 1. The lowest BCUT2D eigenvalue weighted by Crippen LogP contribution is -2.39. The summed E-state index contributed by atoms with van der Waals surface area (Å²) in [6, 6.07) is 9.27. The van der Waals surface area contributed by atoms with Crippen LogP contribution in [-0.2, 0) is 0 Å². The molecule has 0 saturated carbocycles. The molecule has 1 amide bonds. The van der Waals surface area contributed by atoms with Gasteiger partial charge in [-0.3, -0.25) is 9.20 Å². The fraction of sp³-hybridized carbons (Fsp3) is 0.312. The summed E-state index contributed by atoms with van der Waals surface area (Å²) < 4.78 is 7.96. The van der Waals surface area contributed by atoms with Gasteiger partial charge in [0.25, 0.3) is 5.91 Å². The average molecular weight is 375 g/mol. The topological polar surface area (TPSA) is 63.6 Å². The van der Waals surface area contributed by atoms with Gasteiger partial charge in [-0.05, 0) is 53.0 Å². The molecule has 1 aliphatic heterocycles. The molecule has 7 heteroatoms. The number of rotatable bonds is 2. The number of carbonyl (C=O) groups is 1. The molecule has 0 spiro atoms. The Morgan fingerprint density at radius 2 is 2.17 bits per heavy atom. The van der Waals surface area contributed by atoms with E-state index in [1.807, 2.05) is 33.7 Å². The van der Waals surface area contributed by atoms with Gasteiger partial charge in [0.05, 0.1) is 0 Å². The van der Waals surface area contributed by atoms with Gasteiger partial charge in [-0.1, -0.05) is 6.07 Å². The summed E-state index contributed by atoms with van der Waals surface area (Å²) in [7, 11) is 0. The highest BCUT2D eigenvalue weighted by Crippen LogP contribution is 2.27. The number of hydrogen-bond donors (Lipinski definition) is 0.